The lowest BCUT2D eigenvalue weighted by atomic mass is 9.86. The lowest BCUT2D eigenvalue weighted by Gasteiger charge is -2.19. The zero-order chi connectivity index (χ0) is 23.7. The summed E-state index contributed by atoms with van der Waals surface area (Å²) < 4.78 is 3.15. The molecule has 1 heterocycles. The second kappa shape index (κ2) is 9.03. The van der Waals surface area contributed by atoms with Crippen LogP contribution in [0.2, 0.25) is 0 Å². The smallest absolute Gasteiger partial charge is 0.169 e. The highest BCUT2D eigenvalue weighted by Crippen LogP contribution is 2.37. The van der Waals surface area contributed by atoms with Gasteiger partial charge in [0.25, 0.3) is 0 Å². The van der Waals surface area contributed by atoms with Gasteiger partial charge in [-0.15, -0.1) is 10.2 Å². The van der Waals surface area contributed by atoms with Crippen molar-refractivity contribution < 1.29 is 0 Å². The summed E-state index contributed by atoms with van der Waals surface area (Å²) in [6.07, 6.45) is 0. The van der Waals surface area contributed by atoms with Crippen molar-refractivity contribution in [2.24, 2.45) is 0 Å². The van der Waals surface area contributed by atoms with Gasteiger partial charge in [0.15, 0.2) is 11.6 Å². The first-order valence-electron chi connectivity index (χ1n) is 11.4. The molecule has 0 aliphatic heterocycles. The van der Waals surface area contributed by atoms with Gasteiger partial charge in [-0.2, -0.15) is 0 Å². The van der Waals surface area contributed by atoms with Crippen LogP contribution in [0.1, 0.15) is 26.3 Å². The minimum absolute atomic E-state index is 0.0949. The van der Waals surface area contributed by atoms with Crippen molar-refractivity contribution in [1.82, 2.24) is 14.8 Å². The number of para-hydroxylation sites is 1. The molecule has 0 saturated carbocycles. The molecule has 5 rings (SSSR count). The van der Waals surface area contributed by atoms with Crippen LogP contribution in [0.25, 0.3) is 39.6 Å². The molecule has 0 atom stereocenters. The van der Waals surface area contributed by atoms with Crippen molar-refractivity contribution in [3.05, 3.63) is 113 Å². The highest BCUT2D eigenvalue weighted by Gasteiger charge is 2.21. The van der Waals surface area contributed by atoms with Crippen LogP contribution in [0.4, 0.5) is 0 Å². The van der Waals surface area contributed by atoms with Gasteiger partial charge in [0.1, 0.15) is 0 Å². The van der Waals surface area contributed by atoms with E-state index in [0.29, 0.717) is 0 Å². The Labute approximate surface area is 209 Å². The Morgan fingerprint density at radius 2 is 1.24 bits per heavy atom. The molecule has 0 aliphatic carbocycles. The standard InChI is InChI=1S/C30H26BrN3/c1-30(2,3)23-16-14-22(15-17-23)28-32-33-29(34(28)25-12-8-5-9-13-25)27-20-24(31)18-19-26(27)21-10-6-4-7-11-21/h4-20H,1-3H3. The van der Waals surface area contributed by atoms with Gasteiger partial charge in [-0.3, -0.25) is 4.57 Å². The molecule has 168 valence electrons. The summed E-state index contributed by atoms with van der Waals surface area (Å²) in [6.45, 7) is 6.68. The van der Waals surface area contributed by atoms with Crippen molar-refractivity contribution in [3.63, 3.8) is 0 Å². The van der Waals surface area contributed by atoms with Crippen molar-refractivity contribution >= 4 is 15.9 Å². The summed E-state index contributed by atoms with van der Waals surface area (Å²) in [6, 6.07) is 35.7. The number of rotatable bonds is 4. The van der Waals surface area contributed by atoms with Gasteiger partial charge in [-0.1, -0.05) is 116 Å². The van der Waals surface area contributed by atoms with Crippen LogP contribution in [-0.2, 0) is 5.41 Å². The maximum Gasteiger partial charge on any atom is 0.169 e. The third-order valence-electron chi connectivity index (χ3n) is 5.99. The molecular weight excluding hydrogens is 482 g/mol. The molecule has 1 aromatic heterocycles. The minimum Gasteiger partial charge on any atom is -0.275 e. The number of hydrogen-bond acceptors (Lipinski definition) is 2. The molecule has 0 spiro atoms. The first-order chi connectivity index (χ1) is 16.4. The largest absolute Gasteiger partial charge is 0.275 e. The number of nitrogens with zero attached hydrogens (tertiary/aromatic N) is 3. The normalized spacial score (nSPS) is 11.5. The molecule has 34 heavy (non-hydrogen) atoms. The molecule has 4 heteroatoms. The van der Waals surface area contributed by atoms with Crippen molar-refractivity contribution in [1.29, 1.82) is 0 Å². The van der Waals surface area contributed by atoms with E-state index < -0.39 is 0 Å². The first-order valence-corrected chi connectivity index (χ1v) is 12.2. The summed E-state index contributed by atoms with van der Waals surface area (Å²) in [7, 11) is 0. The van der Waals surface area contributed by atoms with Gasteiger partial charge in [-0.05, 0) is 46.4 Å². The van der Waals surface area contributed by atoms with Crippen molar-refractivity contribution in [2.45, 2.75) is 26.2 Å². The van der Waals surface area contributed by atoms with E-state index in [1.807, 2.05) is 24.3 Å². The molecule has 0 N–H and O–H groups in total. The topological polar surface area (TPSA) is 30.7 Å². The van der Waals surface area contributed by atoms with E-state index in [0.717, 1.165) is 44.1 Å². The summed E-state index contributed by atoms with van der Waals surface area (Å²) in [5.41, 5.74) is 6.72. The number of aromatic nitrogens is 3. The van der Waals surface area contributed by atoms with Crippen LogP contribution < -0.4 is 0 Å². The zero-order valence-corrected chi connectivity index (χ0v) is 21.1. The maximum atomic E-state index is 4.73. The SMILES string of the molecule is CC(C)(C)c1ccc(-c2nnc(-c3cc(Br)ccc3-c3ccccc3)n2-c2ccccc2)cc1. The van der Waals surface area contributed by atoms with Crippen molar-refractivity contribution in [2.75, 3.05) is 0 Å². The predicted octanol–water partition coefficient (Wildman–Crippen LogP) is 8.33. The van der Waals surface area contributed by atoms with Crippen LogP contribution >= 0.6 is 15.9 Å². The predicted molar refractivity (Wildman–Crippen MR) is 144 cm³/mol. The molecule has 0 radical (unpaired) electrons. The van der Waals surface area contributed by atoms with Crippen molar-refractivity contribution in [3.8, 4) is 39.6 Å². The lowest BCUT2D eigenvalue weighted by Crippen LogP contribution is -2.10. The average Bonchev–Trinajstić information content (AvgIpc) is 3.30. The summed E-state index contributed by atoms with van der Waals surface area (Å²) in [4.78, 5) is 0. The maximum absolute atomic E-state index is 4.73. The monoisotopic (exact) mass is 507 g/mol. The number of halogens is 1. The lowest BCUT2D eigenvalue weighted by molar-refractivity contribution is 0.590. The third kappa shape index (κ3) is 4.34. The number of hydrogen-bond donors (Lipinski definition) is 0. The third-order valence-corrected chi connectivity index (χ3v) is 6.49. The molecule has 3 nitrogen and oxygen atoms in total. The van der Waals surface area contributed by atoms with E-state index in [1.165, 1.54) is 5.56 Å². The summed E-state index contributed by atoms with van der Waals surface area (Å²) in [5.74, 6) is 1.63. The molecule has 0 unspecified atom stereocenters. The fourth-order valence-electron chi connectivity index (χ4n) is 4.16. The Kier molecular flexibility index (Phi) is 5.93. The van der Waals surface area contributed by atoms with Crippen LogP contribution in [0, 0.1) is 0 Å². The molecule has 0 bridgehead atoms. The highest BCUT2D eigenvalue weighted by molar-refractivity contribution is 9.10. The van der Waals surface area contributed by atoms with E-state index >= 15 is 0 Å². The van der Waals surface area contributed by atoms with E-state index in [-0.39, 0.29) is 5.41 Å². The Hall–Kier alpha value is -3.50. The molecule has 0 amide bonds. The van der Waals surface area contributed by atoms with Crippen LogP contribution in [0.5, 0.6) is 0 Å². The Balaban J connectivity index is 1.74. The number of benzene rings is 4. The first kappa shape index (κ1) is 22.3. The van der Waals surface area contributed by atoms with Crippen LogP contribution in [0.15, 0.2) is 108 Å². The summed E-state index contributed by atoms with van der Waals surface area (Å²) >= 11 is 3.67. The quantitative estimate of drug-likeness (QED) is 0.244. The fraction of sp³-hybridized carbons (Fsp3) is 0.133. The van der Waals surface area contributed by atoms with Gasteiger partial charge in [0.2, 0.25) is 0 Å². The van der Waals surface area contributed by atoms with Crippen LogP contribution in [0.3, 0.4) is 0 Å². The Morgan fingerprint density at radius 3 is 1.88 bits per heavy atom. The molecule has 5 aromatic rings. The minimum atomic E-state index is 0.0949. The molecule has 0 fully saturated rings. The molecule has 0 aliphatic rings. The zero-order valence-electron chi connectivity index (χ0n) is 19.5. The van der Waals surface area contributed by atoms with Gasteiger partial charge in [-0.25, -0.2) is 0 Å². The molecule has 0 saturated heterocycles. The van der Waals surface area contributed by atoms with E-state index in [1.54, 1.807) is 0 Å². The Morgan fingerprint density at radius 1 is 0.618 bits per heavy atom. The molecule has 4 aromatic carbocycles. The van der Waals surface area contributed by atoms with E-state index in [4.69, 9.17) is 10.2 Å². The molecular formula is C30H26BrN3. The van der Waals surface area contributed by atoms with Gasteiger partial charge < -0.3 is 0 Å². The average molecular weight is 508 g/mol. The Bertz CT molecular complexity index is 1410. The second-order valence-electron chi connectivity index (χ2n) is 9.40. The summed E-state index contributed by atoms with van der Waals surface area (Å²) in [5, 5.41) is 9.42. The fourth-order valence-corrected chi connectivity index (χ4v) is 4.52. The van der Waals surface area contributed by atoms with E-state index in [2.05, 4.69) is 120 Å². The van der Waals surface area contributed by atoms with E-state index in [9.17, 15) is 0 Å². The highest BCUT2D eigenvalue weighted by atomic mass is 79.9. The van der Waals surface area contributed by atoms with Gasteiger partial charge in [0.05, 0.1) is 0 Å². The second-order valence-corrected chi connectivity index (χ2v) is 10.3. The van der Waals surface area contributed by atoms with Gasteiger partial charge in [0, 0.05) is 21.3 Å². The van der Waals surface area contributed by atoms with Crippen LogP contribution in [-0.4, -0.2) is 14.8 Å². The van der Waals surface area contributed by atoms with Gasteiger partial charge >= 0.3 is 0 Å².